The second-order valence-electron chi connectivity index (χ2n) is 9.36. The van der Waals surface area contributed by atoms with Crippen LogP contribution in [0.25, 0.3) is 0 Å². The molecule has 1 spiro atoms. The molecule has 1 amide bonds. The van der Waals surface area contributed by atoms with Crippen molar-refractivity contribution in [2.75, 3.05) is 62.8 Å². The van der Waals surface area contributed by atoms with E-state index in [-0.39, 0.29) is 5.91 Å². The van der Waals surface area contributed by atoms with E-state index in [4.69, 9.17) is 16.3 Å². The first-order valence-corrected chi connectivity index (χ1v) is 13.7. The Kier molecular flexibility index (Phi) is 8.73. The van der Waals surface area contributed by atoms with Crippen LogP contribution < -0.4 is 15.4 Å². The van der Waals surface area contributed by atoms with Crippen LogP contribution in [0.5, 0.6) is 5.75 Å². The van der Waals surface area contributed by atoms with Gasteiger partial charge in [-0.2, -0.15) is 4.98 Å². The van der Waals surface area contributed by atoms with Crippen LogP contribution in [0.4, 0.5) is 17.5 Å². The Morgan fingerprint density at radius 2 is 1.91 bits per heavy atom. The standard InChI is InChI=1S/C25H34BrClN6O2/c1-28-22-19(27)17-29-24(31-22)30-20-5-4-18(16-21(20)35-2)23(34)33-14-8-25(9-15-33)6-12-32(13-7-25)11-3-10-26/h4-5,16-17H,3,6-15H2,1-2H3,(H2,28,29,30,31). The number of nitrogens with zero attached hydrogens (tertiary/aromatic N) is 4. The highest BCUT2D eigenvalue weighted by Crippen LogP contribution is 2.41. The molecule has 0 bridgehead atoms. The van der Waals surface area contributed by atoms with Gasteiger partial charge in [-0.05, 0) is 75.4 Å². The van der Waals surface area contributed by atoms with Gasteiger partial charge >= 0.3 is 0 Å². The summed E-state index contributed by atoms with van der Waals surface area (Å²) in [5.41, 5.74) is 1.70. The van der Waals surface area contributed by atoms with E-state index in [0.29, 0.717) is 39.2 Å². The van der Waals surface area contributed by atoms with Crippen LogP contribution in [0.3, 0.4) is 0 Å². The first-order valence-electron chi connectivity index (χ1n) is 12.2. The first-order chi connectivity index (χ1) is 17.0. The van der Waals surface area contributed by atoms with Crippen LogP contribution in [0, 0.1) is 5.41 Å². The molecule has 0 unspecified atom stereocenters. The molecule has 0 radical (unpaired) electrons. The second-order valence-corrected chi connectivity index (χ2v) is 10.6. The molecule has 35 heavy (non-hydrogen) atoms. The van der Waals surface area contributed by atoms with Gasteiger partial charge in [-0.25, -0.2) is 4.98 Å². The fourth-order valence-electron chi connectivity index (χ4n) is 5.05. The summed E-state index contributed by atoms with van der Waals surface area (Å²) in [5, 5.41) is 7.59. The van der Waals surface area contributed by atoms with Crippen LogP contribution >= 0.6 is 27.5 Å². The molecule has 8 nitrogen and oxygen atoms in total. The zero-order valence-corrected chi connectivity index (χ0v) is 22.8. The fraction of sp³-hybridized carbons (Fsp3) is 0.560. The second kappa shape index (κ2) is 11.8. The number of aromatic nitrogens is 2. The molecule has 3 heterocycles. The lowest BCUT2D eigenvalue weighted by atomic mass is 9.71. The number of anilines is 3. The molecule has 190 valence electrons. The van der Waals surface area contributed by atoms with E-state index >= 15 is 0 Å². The van der Waals surface area contributed by atoms with Crippen molar-refractivity contribution in [2.45, 2.75) is 32.1 Å². The molecule has 0 atom stereocenters. The topological polar surface area (TPSA) is 82.6 Å². The number of amides is 1. The van der Waals surface area contributed by atoms with Crippen LogP contribution in [-0.4, -0.2) is 77.9 Å². The van der Waals surface area contributed by atoms with E-state index in [0.717, 1.165) is 31.3 Å². The summed E-state index contributed by atoms with van der Waals surface area (Å²) in [6.45, 7) is 5.17. The van der Waals surface area contributed by atoms with Crippen molar-refractivity contribution < 1.29 is 9.53 Å². The molecule has 1 aromatic carbocycles. The zero-order valence-electron chi connectivity index (χ0n) is 20.4. The number of nitrogens with one attached hydrogen (secondary N) is 2. The number of likely N-dealkylation sites (tertiary alicyclic amines) is 2. The van der Waals surface area contributed by atoms with Gasteiger partial charge < -0.3 is 25.2 Å². The van der Waals surface area contributed by atoms with Gasteiger partial charge in [0.25, 0.3) is 5.91 Å². The van der Waals surface area contributed by atoms with Gasteiger partial charge in [0.1, 0.15) is 16.6 Å². The third-order valence-corrected chi connectivity index (χ3v) is 8.15. The smallest absolute Gasteiger partial charge is 0.253 e. The Morgan fingerprint density at radius 1 is 1.20 bits per heavy atom. The number of ether oxygens (including phenoxy) is 1. The number of halogens is 2. The number of benzene rings is 1. The maximum absolute atomic E-state index is 13.3. The van der Waals surface area contributed by atoms with Gasteiger partial charge in [-0.1, -0.05) is 27.5 Å². The minimum absolute atomic E-state index is 0.0552. The average Bonchev–Trinajstić information content (AvgIpc) is 2.89. The molecular formula is C25H34BrClN6O2. The number of hydrogen-bond acceptors (Lipinski definition) is 7. The van der Waals surface area contributed by atoms with E-state index in [9.17, 15) is 4.79 Å². The third-order valence-electron chi connectivity index (χ3n) is 7.31. The summed E-state index contributed by atoms with van der Waals surface area (Å²) in [7, 11) is 3.34. The summed E-state index contributed by atoms with van der Waals surface area (Å²) < 4.78 is 5.57. The van der Waals surface area contributed by atoms with Crippen molar-refractivity contribution in [2.24, 2.45) is 5.41 Å². The van der Waals surface area contributed by atoms with Crippen LogP contribution in [0.2, 0.25) is 5.02 Å². The number of alkyl halides is 1. The monoisotopic (exact) mass is 564 g/mol. The Balaban J connectivity index is 1.37. The minimum Gasteiger partial charge on any atom is -0.495 e. The van der Waals surface area contributed by atoms with Crippen molar-refractivity contribution in [1.29, 1.82) is 0 Å². The van der Waals surface area contributed by atoms with E-state index in [1.54, 1.807) is 20.2 Å². The fourth-order valence-corrected chi connectivity index (χ4v) is 5.49. The van der Waals surface area contributed by atoms with Gasteiger partial charge in [0.05, 0.1) is 19.0 Å². The van der Waals surface area contributed by atoms with E-state index in [1.807, 2.05) is 17.0 Å². The summed E-state index contributed by atoms with van der Waals surface area (Å²) in [6, 6.07) is 5.44. The predicted molar refractivity (Wildman–Crippen MR) is 145 cm³/mol. The molecule has 2 saturated heterocycles. The molecule has 1 aromatic heterocycles. The highest BCUT2D eigenvalue weighted by molar-refractivity contribution is 9.09. The van der Waals surface area contributed by atoms with Gasteiger partial charge in [-0.3, -0.25) is 4.79 Å². The van der Waals surface area contributed by atoms with Crippen LogP contribution in [-0.2, 0) is 0 Å². The number of methoxy groups -OCH3 is 1. The Labute approximate surface area is 220 Å². The Hall–Kier alpha value is -2.10. The van der Waals surface area contributed by atoms with Crippen molar-refractivity contribution in [3.8, 4) is 5.75 Å². The molecule has 2 fully saturated rings. The predicted octanol–water partition coefficient (Wildman–Crippen LogP) is 5.03. The van der Waals surface area contributed by atoms with Gasteiger partial charge in [0.15, 0.2) is 0 Å². The maximum atomic E-state index is 13.3. The van der Waals surface area contributed by atoms with Crippen molar-refractivity contribution >= 4 is 50.9 Å². The van der Waals surface area contributed by atoms with E-state index < -0.39 is 0 Å². The summed E-state index contributed by atoms with van der Waals surface area (Å²) >= 11 is 9.61. The molecular weight excluding hydrogens is 532 g/mol. The largest absolute Gasteiger partial charge is 0.495 e. The molecule has 0 saturated carbocycles. The van der Waals surface area contributed by atoms with Gasteiger partial charge in [0, 0.05) is 31.0 Å². The molecule has 2 N–H and O–H groups in total. The number of carbonyl (C=O) groups excluding carboxylic acids is 1. The number of rotatable bonds is 8. The molecule has 2 aliphatic rings. The molecule has 4 rings (SSSR count). The maximum Gasteiger partial charge on any atom is 0.253 e. The van der Waals surface area contributed by atoms with Gasteiger partial charge in [-0.15, -0.1) is 0 Å². The molecule has 2 aromatic rings. The Morgan fingerprint density at radius 3 is 2.57 bits per heavy atom. The lowest BCUT2D eigenvalue weighted by Gasteiger charge is -2.47. The van der Waals surface area contributed by atoms with Crippen molar-refractivity contribution in [3.63, 3.8) is 0 Å². The molecule has 10 heteroatoms. The summed E-state index contributed by atoms with van der Waals surface area (Å²) in [4.78, 5) is 26.4. The van der Waals surface area contributed by atoms with E-state index in [2.05, 4.69) is 41.4 Å². The van der Waals surface area contributed by atoms with Crippen LogP contribution in [0.15, 0.2) is 24.4 Å². The highest BCUT2D eigenvalue weighted by atomic mass is 79.9. The Bertz CT molecular complexity index is 1020. The highest BCUT2D eigenvalue weighted by Gasteiger charge is 2.38. The normalized spacial score (nSPS) is 17.9. The number of piperidine rings is 2. The molecule has 0 aliphatic carbocycles. The minimum atomic E-state index is 0.0552. The van der Waals surface area contributed by atoms with E-state index in [1.165, 1.54) is 45.1 Å². The van der Waals surface area contributed by atoms with Crippen LogP contribution in [0.1, 0.15) is 42.5 Å². The molecule has 2 aliphatic heterocycles. The van der Waals surface area contributed by atoms with Crippen molar-refractivity contribution in [3.05, 3.63) is 35.0 Å². The number of carbonyl (C=O) groups is 1. The third kappa shape index (κ3) is 6.19. The number of hydrogen-bond donors (Lipinski definition) is 2. The first kappa shape index (κ1) is 26.0. The summed E-state index contributed by atoms with van der Waals surface area (Å²) in [5.74, 6) is 1.53. The van der Waals surface area contributed by atoms with Crippen molar-refractivity contribution in [1.82, 2.24) is 19.8 Å². The summed E-state index contributed by atoms with van der Waals surface area (Å²) in [6.07, 6.45) is 7.40. The SMILES string of the molecule is CNc1nc(Nc2ccc(C(=O)N3CCC4(CCN(CCCBr)CC4)CC3)cc2OC)ncc1Cl. The average molecular weight is 566 g/mol. The lowest BCUT2D eigenvalue weighted by molar-refractivity contribution is 0.0303. The zero-order chi connectivity index (χ0) is 24.8. The lowest BCUT2D eigenvalue weighted by Crippen LogP contribution is -2.48. The van der Waals surface area contributed by atoms with Gasteiger partial charge in [0.2, 0.25) is 5.95 Å². The quantitative estimate of drug-likeness (QED) is 0.435.